The van der Waals surface area contributed by atoms with Crippen molar-refractivity contribution < 1.29 is 9.21 Å². The first-order chi connectivity index (χ1) is 11.7. The Morgan fingerprint density at radius 3 is 2.54 bits per heavy atom. The fourth-order valence-corrected chi connectivity index (χ4v) is 2.97. The van der Waals surface area contributed by atoms with Crippen LogP contribution in [0, 0.1) is 0 Å². The summed E-state index contributed by atoms with van der Waals surface area (Å²) in [5.74, 6) is 0.918. The molecule has 3 aromatic rings. The molecule has 0 saturated carbocycles. The van der Waals surface area contributed by atoms with Crippen molar-refractivity contribution in [1.82, 2.24) is 10.2 Å². The lowest BCUT2D eigenvalue weighted by atomic mass is 10.1. The Kier molecular flexibility index (Phi) is 3.78. The molecule has 1 saturated heterocycles. The minimum absolute atomic E-state index is 0.0433. The molecule has 1 atom stereocenters. The van der Waals surface area contributed by atoms with Gasteiger partial charge in [-0.05, 0) is 36.4 Å². The van der Waals surface area contributed by atoms with Crippen LogP contribution in [0.3, 0.4) is 0 Å². The molecule has 6 heteroatoms. The van der Waals surface area contributed by atoms with E-state index in [1.807, 2.05) is 42.5 Å². The number of nitrogens with zero attached hydrogens (tertiary/aromatic N) is 3. The third kappa shape index (κ3) is 2.78. The van der Waals surface area contributed by atoms with Gasteiger partial charge in [-0.15, -0.1) is 10.2 Å². The van der Waals surface area contributed by atoms with E-state index in [2.05, 4.69) is 10.2 Å². The Balaban J connectivity index is 1.55. The summed E-state index contributed by atoms with van der Waals surface area (Å²) in [6.45, 7) is 0.525. The maximum Gasteiger partial charge on any atom is 0.247 e. The molecular weight excluding hydrogens is 326 g/mol. The number of halogens is 1. The zero-order valence-electron chi connectivity index (χ0n) is 12.7. The molecule has 1 aromatic heterocycles. The van der Waals surface area contributed by atoms with Crippen LogP contribution in [0.15, 0.2) is 59.0 Å². The molecule has 120 valence electrons. The Hall–Kier alpha value is -2.66. The van der Waals surface area contributed by atoms with Crippen LogP contribution in [0.4, 0.5) is 5.69 Å². The Morgan fingerprint density at radius 2 is 1.79 bits per heavy atom. The molecule has 4 rings (SSSR count). The van der Waals surface area contributed by atoms with Gasteiger partial charge in [-0.1, -0.05) is 29.8 Å². The molecule has 1 amide bonds. The largest absolute Gasteiger partial charge is 0.420 e. The summed E-state index contributed by atoms with van der Waals surface area (Å²) in [7, 11) is 0. The molecule has 2 heterocycles. The van der Waals surface area contributed by atoms with Crippen molar-refractivity contribution in [2.45, 2.75) is 12.3 Å². The second-order valence-corrected chi connectivity index (χ2v) is 6.13. The van der Waals surface area contributed by atoms with Crippen molar-refractivity contribution in [3.8, 4) is 11.5 Å². The molecule has 0 spiro atoms. The van der Waals surface area contributed by atoms with E-state index in [0.717, 1.165) is 11.3 Å². The lowest BCUT2D eigenvalue weighted by Gasteiger charge is -2.16. The second kappa shape index (κ2) is 6.09. The Bertz CT molecular complexity index is 861. The van der Waals surface area contributed by atoms with E-state index >= 15 is 0 Å². The predicted octanol–water partition coefficient (Wildman–Crippen LogP) is 3.91. The molecular formula is C18H14ClN3O2. The summed E-state index contributed by atoms with van der Waals surface area (Å²) in [4.78, 5) is 14.1. The van der Waals surface area contributed by atoms with E-state index in [1.165, 1.54) is 0 Å². The first kappa shape index (κ1) is 14.9. The van der Waals surface area contributed by atoms with Crippen molar-refractivity contribution in [3.63, 3.8) is 0 Å². The highest BCUT2D eigenvalue weighted by Gasteiger charge is 2.35. The Morgan fingerprint density at radius 1 is 1.04 bits per heavy atom. The molecule has 0 aliphatic carbocycles. The first-order valence-corrected chi connectivity index (χ1v) is 8.03. The standard InChI is InChI=1S/C18H14ClN3O2/c19-14-6-8-15(9-7-14)22-11-13(10-16(22)23)18-21-20-17(24-18)12-4-2-1-3-5-12/h1-9,13H,10-11H2. The van der Waals surface area contributed by atoms with Gasteiger partial charge in [-0.25, -0.2) is 0 Å². The summed E-state index contributed by atoms with van der Waals surface area (Å²) in [5.41, 5.74) is 1.70. The van der Waals surface area contributed by atoms with Crippen LogP contribution in [0.2, 0.25) is 5.02 Å². The van der Waals surface area contributed by atoms with Crippen LogP contribution in [-0.4, -0.2) is 22.6 Å². The minimum Gasteiger partial charge on any atom is -0.420 e. The average Bonchev–Trinajstić information content (AvgIpc) is 3.23. The Labute approximate surface area is 143 Å². The molecule has 1 aliphatic heterocycles. The molecule has 0 radical (unpaired) electrons. The van der Waals surface area contributed by atoms with E-state index in [0.29, 0.717) is 29.8 Å². The normalized spacial score (nSPS) is 17.5. The highest BCUT2D eigenvalue weighted by Crippen LogP contribution is 2.32. The predicted molar refractivity (Wildman–Crippen MR) is 90.9 cm³/mol. The molecule has 0 bridgehead atoms. The van der Waals surface area contributed by atoms with Gasteiger partial charge in [-0.3, -0.25) is 4.79 Å². The molecule has 2 aromatic carbocycles. The number of aromatic nitrogens is 2. The van der Waals surface area contributed by atoms with Gasteiger partial charge < -0.3 is 9.32 Å². The number of anilines is 1. The zero-order chi connectivity index (χ0) is 16.5. The fraction of sp³-hybridized carbons (Fsp3) is 0.167. The summed E-state index contributed by atoms with van der Waals surface area (Å²) in [5, 5.41) is 8.88. The van der Waals surface area contributed by atoms with Gasteiger partial charge >= 0.3 is 0 Å². The minimum atomic E-state index is -0.0989. The number of carbonyl (C=O) groups is 1. The maximum atomic E-state index is 12.3. The van der Waals surface area contributed by atoms with Crippen molar-refractivity contribution >= 4 is 23.2 Å². The van der Waals surface area contributed by atoms with Crippen molar-refractivity contribution in [3.05, 3.63) is 65.5 Å². The number of benzene rings is 2. The highest BCUT2D eigenvalue weighted by molar-refractivity contribution is 6.30. The quantitative estimate of drug-likeness (QED) is 0.726. The third-order valence-electron chi connectivity index (χ3n) is 4.07. The number of amides is 1. The maximum absolute atomic E-state index is 12.3. The fourth-order valence-electron chi connectivity index (χ4n) is 2.84. The van der Waals surface area contributed by atoms with Gasteiger partial charge in [0, 0.05) is 29.2 Å². The molecule has 24 heavy (non-hydrogen) atoms. The lowest BCUT2D eigenvalue weighted by molar-refractivity contribution is -0.117. The van der Waals surface area contributed by atoms with Crippen LogP contribution in [0.5, 0.6) is 0 Å². The van der Waals surface area contributed by atoms with Crippen molar-refractivity contribution in [1.29, 1.82) is 0 Å². The monoisotopic (exact) mass is 339 g/mol. The zero-order valence-corrected chi connectivity index (χ0v) is 13.5. The van der Waals surface area contributed by atoms with Crippen LogP contribution in [-0.2, 0) is 4.79 Å². The van der Waals surface area contributed by atoms with Gasteiger partial charge in [0.05, 0.1) is 5.92 Å². The summed E-state index contributed by atoms with van der Waals surface area (Å²) in [6, 6.07) is 16.8. The second-order valence-electron chi connectivity index (χ2n) is 5.69. The van der Waals surface area contributed by atoms with Gasteiger partial charge in [0.15, 0.2) is 0 Å². The molecule has 1 aliphatic rings. The van der Waals surface area contributed by atoms with Crippen LogP contribution < -0.4 is 4.90 Å². The number of hydrogen-bond donors (Lipinski definition) is 0. The molecule has 0 N–H and O–H groups in total. The molecule has 1 fully saturated rings. The third-order valence-corrected chi connectivity index (χ3v) is 4.33. The van der Waals surface area contributed by atoms with Gasteiger partial charge in [0.25, 0.3) is 0 Å². The molecule has 5 nitrogen and oxygen atoms in total. The van der Waals surface area contributed by atoms with Gasteiger partial charge in [0.1, 0.15) is 0 Å². The summed E-state index contributed by atoms with van der Waals surface area (Å²) < 4.78 is 5.78. The van der Waals surface area contributed by atoms with Crippen LogP contribution >= 0.6 is 11.6 Å². The topological polar surface area (TPSA) is 59.2 Å². The first-order valence-electron chi connectivity index (χ1n) is 7.65. The van der Waals surface area contributed by atoms with Crippen molar-refractivity contribution in [2.75, 3.05) is 11.4 Å². The van der Waals surface area contributed by atoms with E-state index < -0.39 is 0 Å². The van der Waals surface area contributed by atoms with Gasteiger partial charge in [0.2, 0.25) is 17.7 Å². The SMILES string of the molecule is O=C1CC(c2nnc(-c3ccccc3)o2)CN1c1ccc(Cl)cc1. The highest BCUT2D eigenvalue weighted by atomic mass is 35.5. The van der Waals surface area contributed by atoms with E-state index in [1.54, 1.807) is 17.0 Å². The smallest absolute Gasteiger partial charge is 0.247 e. The van der Waals surface area contributed by atoms with Crippen molar-refractivity contribution in [2.24, 2.45) is 0 Å². The van der Waals surface area contributed by atoms with E-state index in [4.69, 9.17) is 16.0 Å². The summed E-state index contributed by atoms with van der Waals surface area (Å²) >= 11 is 5.90. The summed E-state index contributed by atoms with van der Waals surface area (Å²) in [6.07, 6.45) is 0.360. The molecule has 1 unspecified atom stereocenters. The number of hydrogen-bond acceptors (Lipinski definition) is 4. The van der Waals surface area contributed by atoms with Crippen LogP contribution in [0.25, 0.3) is 11.5 Å². The van der Waals surface area contributed by atoms with Gasteiger partial charge in [-0.2, -0.15) is 0 Å². The van der Waals surface area contributed by atoms with Crippen LogP contribution in [0.1, 0.15) is 18.2 Å². The van der Waals surface area contributed by atoms with E-state index in [9.17, 15) is 4.79 Å². The number of carbonyl (C=O) groups excluding carboxylic acids is 1. The van der Waals surface area contributed by atoms with E-state index in [-0.39, 0.29) is 11.8 Å². The lowest BCUT2D eigenvalue weighted by Crippen LogP contribution is -2.24. The number of rotatable bonds is 3. The average molecular weight is 340 g/mol.